The van der Waals surface area contributed by atoms with Crippen LogP contribution in [-0.2, 0) is 0 Å². The zero-order chi connectivity index (χ0) is 10.7. The van der Waals surface area contributed by atoms with E-state index < -0.39 is 30.4 Å². The van der Waals surface area contributed by atoms with E-state index >= 15 is 0 Å². The fraction of sp³-hybridized carbons (Fsp3) is 1.00. The molecule has 0 radical (unpaired) electrons. The van der Waals surface area contributed by atoms with E-state index in [9.17, 15) is 15.3 Å². The van der Waals surface area contributed by atoms with Crippen LogP contribution in [0.3, 0.4) is 0 Å². The topological polar surface area (TPSA) is 93.0 Å². The van der Waals surface area contributed by atoms with Crippen LogP contribution in [0.5, 0.6) is 0 Å². The largest absolute Gasteiger partial charge is 0.395 e. The van der Waals surface area contributed by atoms with E-state index in [1.807, 2.05) is 6.92 Å². The van der Waals surface area contributed by atoms with Crippen LogP contribution >= 0.6 is 0 Å². The van der Waals surface area contributed by atoms with Crippen molar-refractivity contribution in [2.45, 2.75) is 50.2 Å². The molecular weight excluding hydrogens is 186 g/mol. The van der Waals surface area contributed by atoms with Gasteiger partial charge in [0.2, 0.25) is 0 Å². The first-order chi connectivity index (χ1) is 6.61. The highest BCUT2D eigenvalue weighted by atomic mass is 16.3. The molecule has 5 N–H and O–H groups in total. The van der Waals surface area contributed by atoms with Crippen molar-refractivity contribution in [1.82, 2.24) is 5.32 Å². The summed E-state index contributed by atoms with van der Waals surface area (Å²) in [5.74, 6) is 0. The smallest absolute Gasteiger partial charge is 0.0993 e. The molecule has 1 aliphatic heterocycles. The zero-order valence-electron chi connectivity index (χ0n) is 8.30. The van der Waals surface area contributed by atoms with Gasteiger partial charge in [0, 0.05) is 0 Å². The molecule has 1 fully saturated rings. The van der Waals surface area contributed by atoms with Gasteiger partial charge in [-0.05, 0) is 6.42 Å². The molecule has 1 saturated heterocycles. The lowest BCUT2D eigenvalue weighted by molar-refractivity contribution is -0.00409. The van der Waals surface area contributed by atoms with E-state index in [4.69, 9.17) is 5.11 Å². The predicted molar refractivity (Wildman–Crippen MR) is 50.7 cm³/mol. The molecule has 1 heterocycles. The third-order valence-electron chi connectivity index (χ3n) is 2.73. The molecule has 0 aromatic carbocycles. The monoisotopic (exact) mass is 205 g/mol. The summed E-state index contributed by atoms with van der Waals surface area (Å²) in [4.78, 5) is 0. The van der Waals surface area contributed by atoms with Crippen molar-refractivity contribution in [2.75, 3.05) is 6.61 Å². The van der Waals surface area contributed by atoms with Crippen LogP contribution in [0.25, 0.3) is 0 Å². The molecule has 0 unspecified atom stereocenters. The fourth-order valence-corrected chi connectivity index (χ4v) is 1.87. The number of rotatable bonds is 4. The minimum absolute atomic E-state index is 0.242. The quantitative estimate of drug-likeness (QED) is 0.373. The highest BCUT2D eigenvalue weighted by Crippen LogP contribution is 2.19. The van der Waals surface area contributed by atoms with E-state index in [2.05, 4.69) is 5.32 Å². The molecule has 84 valence electrons. The molecule has 1 rings (SSSR count). The van der Waals surface area contributed by atoms with Crippen molar-refractivity contribution >= 4 is 0 Å². The Labute approximate surface area is 83.4 Å². The van der Waals surface area contributed by atoms with Gasteiger partial charge >= 0.3 is 0 Å². The van der Waals surface area contributed by atoms with Crippen molar-refractivity contribution in [3.05, 3.63) is 0 Å². The molecular formula is C9H19NO4. The van der Waals surface area contributed by atoms with Crippen molar-refractivity contribution in [2.24, 2.45) is 0 Å². The Bertz CT molecular complexity index is 178. The second kappa shape index (κ2) is 5.04. The fourth-order valence-electron chi connectivity index (χ4n) is 1.87. The van der Waals surface area contributed by atoms with Crippen LogP contribution in [0.1, 0.15) is 19.8 Å². The Morgan fingerprint density at radius 2 is 1.93 bits per heavy atom. The molecule has 5 heteroatoms. The lowest BCUT2D eigenvalue weighted by Gasteiger charge is -2.21. The van der Waals surface area contributed by atoms with E-state index in [-0.39, 0.29) is 6.61 Å². The van der Waals surface area contributed by atoms with Gasteiger partial charge < -0.3 is 25.7 Å². The summed E-state index contributed by atoms with van der Waals surface area (Å²) in [5, 5.41) is 40.4. The Hall–Kier alpha value is -0.200. The maximum atomic E-state index is 9.64. The summed E-state index contributed by atoms with van der Waals surface area (Å²) < 4.78 is 0. The zero-order valence-corrected chi connectivity index (χ0v) is 8.30. The molecule has 0 bridgehead atoms. The van der Waals surface area contributed by atoms with Crippen molar-refractivity contribution in [1.29, 1.82) is 0 Å². The average molecular weight is 205 g/mol. The van der Waals surface area contributed by atoms with Crippen LogP contribution in [-0.4, -0.2) is 57.4 Å². The molecule has 5 nitrogen and oxygen atoms in total. The molecule has 0 spiro atoms. The van der Waals surface area contributed by atoms with Gasteiger partial charge in [0.15, 0.2) is 0 Å². The Morgan fingerprint density at radius 3 is 2.36 bits per heavy atom. The summed E-state index contributed by atoms with van der Waals surface area (Å²) in [6.07, 6.45) is -1.31. The Balaban J connectivity index is 2.55. The van der Waals surface area contributed by atoms with Gasteiger partial charge in [0.25, 0.3) is 0 Å². The second-order valence-electron chi connectivity index (χ2n) is 3.82. The molecule has 0 aliphatic carbocycles. The molecule has 0 saturated carbocycles. The summed E-state index contributed by atoms with van der Waals surface area (Å²) >= 11 is 0. The van der Waals surface area contributed by atoms with Crippen molar-refractivity contribution in [3.63, 3.8) is 0 Å². The van der Waals surface area contributed by atoms with E-state index in [0.29, 0.717) is 6.42 Å². The standard InChI is InChI=1S/C9H19NO4/c1-2-3-6(12)7-9(14)8(13)5(4-11)10-7/h5-14H,2-4H2,1H3/t5-,6+,7-,8-,9-/m0/s1. The third kappa shape index (κ3) is 2.24. The van der Waals surface area contributed by atoms with Gasteiger partial charge in [0.05, 0.1) is 37.0 Å². The van der Waals surface area contributed by atoms with Crippen LogP contribution in [0, 0.1) is 0 Å². The van der Waals surface area contributed by atoms with Crippen LogP contribution in [0.2, 0.25) is 0 Å². The second-order valence-corrected chi connectivity index (χ2v) is 3.82. The maximum absolute atomic E-state index is 9.64. The average Bonchev–Trinajstić information content (AvgIpc) is 2.44. The number of aliphatic hydroxyl groups excluding tert-OH is 4. The van der Waals surface area contributed by atoms with Crippen LogP contribution in [0.15, 0.2) is 0 Å². The van der Waals surface area contributed by atoms with Gasteiger partial charge in [-0.25, -0.2) is 0 Å². The van der Waals surface area contributed by atoms with Gasteiger partial charge in [-0.15, -0.1) is 0 Å². The van der Waals surface area contributed by atoms with E-state index in [0.717, 1.165) is 6.42 Å². The van der Waals surface area contributed by atoms with Gasteiger partial charge in [-0.1, -0.05) is 13.3 Å². The minimum atomic E-state index is -1.01. The molecule has 0 aromatic heterocycles. The van der Waals surface area contributed by atoms with Gasteiger partial charge in [0.1, 0.15) is 0 Å². The van der Waals surface area contributed by atoms with E-state index in [1.54, 1.807) is 0 Å². The van der Waals surface area contributed by atoms with Crippen molar-refractivity contribution in [3.8, 4) is 0 Å². The molecule has 14 heavy (non-hydrogen) atoms. The third-order valence-corrected chi connectivity index (χ3v) is 2.73. The van der Waals surface area contributed by atoms with E-state index in [1.165, 1.54) is 0 Å². The first-order valence-electron chi connectivity index (χ1n) is 5.03. The number of aliphatic hydroxyl groups is 4. The first-order valence-corrected chi connectivity index (χ1v) is 5.03. The normalized spacial score (nSPS) is 40.1. The number of hydrogen-bond donors (Lipinski definition) is 5. The van der Waals surface area contributed by atoms with Crippen LogP contribution < -0.4 is 5.32 Å². The first kappa shape index (κ1) is 11.9. The molecule has 5 atom stereocenters. The molecule has 1 aliphatic rings. The molecule has 0 amide bonds. The Kier molecular flexibility index (Phi) is 4.28. The highest BCUT2D eigenvalue weighted by Gasteiger charge is 2.43. The highest BCUT2D eigenvalue weighted by molar-refractivity contribution is 5.00. The Morgan fingerprint density at radius 1 is 1.29 bits per heavy atom. The maximum Gasteiger partial charge on any atom is 0.0993 e. The number of nitrogens with one attached hydrogen (secondary N) is 1. The molecule has 0 aromatic rings. The summed E-state index contributed by atoms with van der Waals surface area (Å²) in [5.41, 5.74) is 0. The summed E-state index contributed by atoms with van der Waals surface area (Å²) in [6, 6.07) is -1.08. The lowest BCUT2D eigenvalue weighted by atomic mass is 10.0. The van der Waals surface area contributed by atoms with Gasteiger partial charge in [-0.3, -0.25) is 0 Å². The minimum Gasteiger partial charge on any atom is -0.395 e. The number of hydrogen-bond acceptors (Lipinski definition) is 5. The predicted octanol–water partition coefficient (Wildman–Crippen LogP) is -1.80. The lowest BCUT2D eigenvalue weighted by Crippen LogP contribution is -2.44. The van der Waals surface area contributed by atoms with Crippen LogP contribution in [0.4, 0.5) is 0 Å². The summed E-state index contributed by atoms with van der Waals surface area (Å²) in [6.45, 7) is 1.69. The van der Waals surface area contributed by atoms with Gasteiger partial charge in [-0.2, -0.15) is 0 Å². The SMILES string of the molecule is CCC[C@@H](O)[C@@H]1N[C@@H](CO)[C@H](O)[C@H]1O. The summed E-state index contributed by atoms with van der Waals surface area (Å²) in [7, 11) is 0. The van der Waals surface area contributed by atoms with Crippen molar-refractivity contribution < 1.29 is 20.4 Å².